The van der Waals surface area contributed by atoms with Crippen LogP contribution in [0.4, 0.5) is 0 Å². The highest BCUT2D eigenvalue weighted by Crippen LogP contribution is 2.42. The zero-order chi connectivity index (χ0) is 28.6. The van der Waals surface area contributed by atoms with E-state index in [1.807, 2.05) is 0 Å². The zero-order valence-electron chi connectivity index (χ0n) is 23.9. The number of allylic oxidation sites excluding steroid dienone is 4. The Balaban J connectivity index is 1.36. The Morgan fingerprint density at radius 3 is 1.58 bits per heavy atom. The summed E-state index contributed by atoms with van der Waals surface area (Å²) < 4.78 is 2.51. The van der Waals surface area contributed by atoms with E-state index in [4.69, 9.17) is 0 Å². The third-order valence-corrected chi connectivity index (χ3v) is 8.68. The summed E-state index contributed by atoms with van der Waals surface area (Å²) in [6, 6.07) is 53.0. The number of benzene rings is 6. The van der Waals surface area contributed by atoms with E-state index in [2.05, 4.69) is 168 Å². The number of para-hydroxylation sites is 1. The van der Waals surface area contributed by atoms with Crippen LogP contribution in [0.5, 0.6) is 0 Å². The molecule has 0 N–H and O–H groups in total. The third-order valence-electron chi connectivity index (χ3n) is 8.68. The molecular weight excluding hydrogens is 518 g/mol. The number of aromatic nitrogens is 1. The summed E-state index contributed by atoms with van der Waals surface area (Å²) >= 11 is 0. The number of hydrogen-bond acceptors (Lipinski definition) is 0. The molecule has 8 rings (SSSR count). The molecule has 1 aliphatic rings. The van der Waals surface area contributed by atoms with Gasteiger partial charge in [0.2, 0.25) is 0 Å². The lowest BCUT2D eigenvalue weighted by molar-refractivity contribution is 0.979. The van der Waals surface area contributed by atoms with Crippen LogP contribution in [-0.2, 0) is 0 Å². The standard InChI is InChI=1S/C42H31N/c1-4-12-30(13-5-1)32-20-22-34(23-21-32)36-28-39(35-26-24-33(25-27-35)31-14-6-2-7-15-31)42-40(29-36)38-18-10-11-19-41(38)43(42)37-16-8-3-9-17-37/h1-8,10-16,18-29H,9,17H2. The maximum atomic E-state index is 2.51. The van der Waals surface area contributed by atoms with Crippen LogP contribution >= 0.6 is 0 Å². The molecule has 1 heteroatoms. The van der Waals surface area contributed by atoms with Crippen LogP contribution in [0.2, 0.25) is 0 Å². The van der Waals surface area contributed by atoms with E-state index < -0.39 is 0 Å². The van der Waals surface area contributed by atoms with Crippen molar-refractivity contribution in [1.82, 2.24) is 4.57 Å². The maximum Gasteiger partial charge on any atom is 0.0616 e. The fraction of sp³-hybridized carbons (Fsp3) is 0.0476. The molecule has 0 radical (unpaired) electrons. The molecule has 0 aliphatic heterocycles. The molecule has 1 aromatic heterocycles. The molecule has 0 saturated carbocycles. The Kier molecular flexibility index (Phi) is 6.35. The van der Waals surface area contributed by atoms with Crippen LogP contribution in [0.15, 0.2) is 164 Å². The molecule has 1 heterocycles. The molecule has 0 unspecified atom stereocenters. The van der Waals surface area contributed by atoms with E-state index in [0.717, 1.165) is 12.8 Å². The lowest BCUT2D eigenvalue weighted by atomic mass is 9.93. The van der Waals surface area contributed by atoms with Crippen molar-refractivity contribution in [1.29, 1.82) is 0 Å². The Hall–Kier alpha value is -5.40. The normalized spacial score (nSPS) is 13.0. The fourth-order valence-corrected chi connectivity index (χ4v) is 6.52. The van der Waals surface area contributed by atoms with Gasteiger partial charge in [0.25, 0.3) is 0 Å². The van der Waals surface area contributed by atoms with Gasteiger partial charge in [0.15, 0.2) is 0 Å². The average molecular weight is 550 g/mol. The molecule has 0 spiro atoms. The van der Waals surface area contributed by atoms with Crippen molar-refractivity contribution in [3.8, 4) is 44.5 Å². The van der Waals surface area contributed by atoms with Crippen LogP contribution in [0.1, 0.15) is 12.8 Å². The van der Waals surface area contributed by atoms with Gasteiger partial charge in [0, 0.05) is 22.0 Å². The lowest BCUT2D eigenvalue weighted by Crippen LogP contribution is -2.00. The van der Waals surface area contributed by atoms with Gasteiger partial charge in [-0.2, -0.15) is 0 Å². The quantitative estimate of drug-likeness (QED) is 0.201. The molecule has 7 aromatic rings. The Labute approximate surface area is 252 Å². The lowest BCUT2D eigenvalue weighted by Gasteiger charge is -2.17. The minimum absolute atomic E-state index is 1.03. The predicted octanol–water partition coefficient (Wildman–Crippen LogP) is 11.7. The van der Waals surface area contributed by atoms with Gasteiger partial charge in [0.1, 0.15) is 0 Å². The number of fused-ring (bicyclic) bond motifs is 3. The first-order chi connectivity index (χ1) is 21.3. The second-order valence-corrected chi connectivity index (χ2v) is 11.3. The van der Waals surface area contributed by atoms with Crippen molar-refractivity contribution in [3.05, 3.63) is 164 Å². The molecule has 204 valence electrons. The minimum atomic E-state index is 1.03. The van der Waals surface area contributed by atoms with Crippen molar-refractivity contribution in [2.75, 3.05) is 0 Å². The van der Waals surface area contributed by atoms with E-state index >= 15 is 0 Å². The maximum absolute atomic E-state index is 2.51. The largest absolute Gasteiger partial charge is 0.312 e. The highest BCUT2D eigenvalue weighted by atomic mass is 15.0. The first kappa shape index (κ1) is 25.3. The van der Waals surface area contributed by atoms with Gasteiger partial charge in [-0.1, -0.05) is 140 Å². The molecule has 6 aromatic carbocycles. The number of hydrogen-bond donors (Lipinski definition) is 0. The monoisotopic (exact) mass is 549 g/mol. The summed E-state index contributed by atoms with van der Waals surface area (Å²) in [5.74, 6) is 0. The fourth-order valence-electron chi connectivity index (χ4n) is 6.52. The average Bonchev–Trinajstić information content (AvgIpc) is 3.44. The van der Waals surface area contributed by atoms with Crippen molar-refractivity contribution >= 4 is 27.5 Å². The predicted molar refractivity (Wildman–Crippen MR) is 184 cm³/mol. The zero-order valence-corrected chi connectivity index (χ0v) is 23.9. The smallest absolute Gasteiger partial charge is 0.0616 e. The Morgan fingerprint density at radius 2 is 0.977 bits per heavy atom. The first-order valence-electron chi connectivity index (χ1n) is 15.1. The van der Waals surface area contributed by atoms with E-state index in [9.17, 15) is 0 Å². The highest BCUT2D eigenvalue weighted by Gasteiger charge is 2.19. The van der Waals surface area contributed by atoms with Crippen LogP contribution in [0.3, 0.4) is 0 Å². The summed E-state index contributed by atoms with van der Waals surface area (Å²) in [4.78, 5) is 0. The molecule has 0 bridgehead atoms. The van der Waals surface area contributed by atoms with Crippen molar-refractivity contribution < 1.29 is 0 Å². The van der Waals surface area contributed by atoms with E-state index in [0.29, 0.717) is 0 Å². The second kappa shape index (κ2) is 10.8. The summed E-state index contributed by atoms with van der Waals surface area (Å²) in [5, 5.41) is 2.58. The van der Waals surface area contributed by atoms with Crippen LogP contribution in [0.25, 0.3) is 72.0 Å². The van der Waals surface area contributed by atoms with Crippen molar-refractivity contribution in [2.24, 2.45) is 0 Å². The van der Waals surface area contributed by atoms with Gasteiger partial charge in [-0.25, -0.2) is 0 Å². The molecule has 1 nitrogen and oxygen atoms in total. The topological polar surface area (TPSA) is 4.93 Å². The van der Waals surface area contributed by atoms with Crippen LogP contribution in [0, 0.1) is 0 Å². The van der Waals surface area contributed by atoms with E-state index in [1.54, 1.807) is 0 Å². The van der Waals surface area contributed by atoms with Gasteiger partial charge < -0.3 is 4.57 Å². The van der Waals surface area contributed by atoms with Gasteiger partial charge in [0.05, 0.1) is 11.0 Å². The summed E-state index contributed by atoms with van der Waals surface area (Å²) in [6.45, 7) is 0. The molecule has 43 heavy (non-hydrogen) atoms. The van der Waals surface area contributed by atoms with Gasteiger partial charge in [-0.3, -0.25) is 0 Å². The van der Waals surface area contributed by atoms with Crippen molar-refractivity contribution in [2.45, 2.75) is 12.8 Å². The first-order valence-corrected chi connectivity index (χ1v) is 15.1. The minimum Gasteiger partial charge on any atom is -0.312 e. The van der Waals surface area contributed by atoms with Gasteiger partial charge >= 0.3 is 0 Å². The molecule has 0 atom stereocenters. The molecule has 1 aliphatic carbocycles. The van der Waals surface area contributed by atoms with E-state index in [-0.39, 0.29) is 0 Å². The molecule has 0 saturated heterocycles. The highest BCUT2D eigenvalue weighted by molar-refractivity contribution is 6.16. The summed E-state index contributed by atoms with van der Waals surface area (Å²) in [5.41, 5.74) is 13.8. The Morgan fingerprint density at radius 1 is 0.442 bits per heavy atom. The summed E-state index contributed by atoms with van der Waals surface area (Å²) in [7, 11) is 0. The SMILES string of the molecule is C1=CCCC(n2c3ccccc3c3cc(-c4ccc(-c5ccccc5)cc4)cc(-c4ccc(-c5ccccc5)cc4)c32)=C1. The molecule has 0 fully saturated rings. The van der Waals surface area contributed by atoms with Crippen molar-refractivity contribution in [3.63, 3.8) is 0 Å². The number of nitrogens with zero attached hydrogens (tertiary/aromatic N) is 1. The third kappa shape index (κ3) is 4.60. The van der Waals surface area contributed by atoms with Gasteiger partial charge in [-0.15, -0.1) is 0 Å². The van der Waals surface area contributed by atoms with Crippen LogP contribution in [-0.4, -0.2) is 4.57 Å². The number of rotatable bonds is 5. The summed E-state index contributed by atoms with van der Waals surface area (Å²) in [6.07, 6.45) is 8.84. The van der Waals surface area contributed by atoms with Crippen LogP contribution < -0.4 is 0 Å². The molecular formula is C42H31N. The second-order valence-electron chi connectivity index (χ2n) is 11.3. The Bertz CT molecular complexity index is 2130. The molecule has 0 amide bonds. The van der Waals surface area contributed by atoms with E-state index in [1.165, 1.54) is 72.0 Å². The van der Waals surface area contributed by atoms with Gasteiger partial charge in [-0.05, 0) is 76.1 Å².